The van der Waals surface area contributed by atoms with Gasteiger partial charge < -0.3 is 14.5 Å². The minimum atomic E-state index is -3.74. The minimum absolute atomic E-state index is 0.0827. The van der Waals surface area contributed by atoms with Crippen molar-refractivity contribution in [1.29, 1.82) is 0 Å². The number of carbonyl (C=O) groups excluding carboxylic acids is 1. The molecule has 1 saturated heterocycles. The number of hydrogen-bond acceptors (Lipinski definition) is 5. The molecule has 3 aromatic rings. The Balaban J connectivity index is 1.50. The average molecular weight is 441 g/mol. The van der Waals surface area contributed by atoms with Crippen molar-refractivity contribution >= 4 is 21.6 Å². The number of ether oxygens (including phenoxy) is 1. The maximum Gasteiger partial charge on any atom is 0.291 e. The van der Waals surface area contributed by atoms with Gasteiger partial charge in [-0.25, -0.2) is 8.42 Å². The summed E-state index contributed by atoms with van der Waals surface area (Å²) in [4.78, 5) is 12.7. The van der Waals surface area contributed by atoms with E-state index in [0.717, 1.165) is 24.8 Å². The van der Waals surface area contributed by atoms with Crippen molar-refractivity contribution < 1.29 is 22.4 Å². The summed E-state index contributed by atoms with van der Waals surface area (Å²) in [6, 6.07) is 17.3. The summed E-state index contributed by atoms with van der Waals surface area (Å²) in [5, 5.41) is 2.52. The van der Waals surface area contributed by atoms with Crippen molar-refractivity contribution in [3.05, 3.63) is 72.0 Å². The first kappa shape index (κ1) is 21.1. The first-order valence-corrected chi connectivity index (χ1v) is 11.6. The number of anilines is 1. The maximum atomic E-state index is 12.7. The predicted molar refractivity (Wildman–Crippen MR) is 117 cm³/mol. The van der Waals surface area contributed by atoms with Crippen LogP contribution in [0.1, 0.15) is 35.4 Å². The van der Waals surface area contributed by atoms with Crippen LogP contribution in [-0.4, -0.2) is 31.7 Å². The lowest BCUT2D eigenvalue weighted by Gasteiger charge is -2.24. The quantitative estimate of drug-likeness (QED) is 0.594. The Labute approximate surface area is 181 Å². The zero-order valence-corrected chi connectivity index (χ0v) is 18.0. The van der Waals surface area contributed by atoms with Gasteiger partial charge in [0.25, 0.3) is 15.9 Å². The second-order valence-electron chi connectivity index (χ2n) is 7.45. The number of carbonyl (C=O) groups is 1. The van der Waals surface area contributed by atoms with E-state index in [1.165, 1.54) is 16.4 Å². The molecule has 1 aliphatic rings. The summed E-state index contributed by atoms with van der Waals surface area (Å²) in [7, 11) is -3.74. The van der Waals surface area contributed by atoms with Crippen LogP contribution in [0.15, 0.2) is 70.2 Å². The second-order valence-corrected chi connectivity index (χ2v) is 9.32. The van der Waals surface area contributed by atoms with Crippen LogP contribution in [0.2, 0.25) is 0 Å². The molecule has 162 valence electrons. The fourth-order valence-corrected chi connectivity index (χ4v) is 4.82. The van der Waals surface area contributed by atoms with E-state index in [0.29, 0.717) is 30.3 Å². The highest BCUT2D eigenvalue weighted by Gasteiger charge is 2.29. The minimum Gasteiger partial charge on any atom is -0.455 e. The van der Waals surface area contributed by atoms with Crippen LogP contribution in [0.25, 0.3) is 0 Å². The number of para-hydroxylation sites is 2. The summed E-state index contributed by atoms with van der Waals surface area (Å²) in [5.74, 6) is 0.466. The molecule has 1 N–H and O–H groups in total. The van der Waals surface area contributed by atoms with Crippen molar-refractivity contribution in [3.8, 4) is 11.5 Å². The molecular formula is C23H24N2O5S. The number of amides is 1. The third-order valence-corrected chi connectivity index (χ3v) is 6.87. The number of furan rings is 1. The van der Waals surface area contributed by atoms with Crippen molar-refractivity contribution in [2.24, 2.45) is 0 Å². The standard InChI is InChI=1S/C23H24N2O5S/c1-17-9-11-18(12-10-17)29-20-8-4-3-7-19(20)24-23(26)21-13-14-22(30-21)31(27,28)25-15-5-2-6-16-25/h3-4,7-14H,2,5-6,15-16H2,1H3,(H,24,26). The monoisotopic (exact) mass is 440 g/mol. The Bertz CT molecular complexity index is 1160. The molecule has 1 amide bonds. The summed E-state index contributed by atoms with van der Waals surface area (Å²) >= 11 is 0. The molecule has 1 fully saturated rings. The number of aryl methyl sites for hydroxylation is 1. The molecule has 8 heteroatoms. The normalized spacial score (nSPS) is 14.9. The molecule has 1 aliphatic heterocycles. The van der Waals surface area contributed by atoms with Crippen LogP contribution in [0.3, 0.4) is 0 Å². The molecule has 0 bridgehead atoms. The number of nitrogens with zero attached hydrogens (tertiary/aromatic N) is 1. The van der Waals surface area contributed by atoms with Gasteiger partial charge in [0.1, 0.15) is 5.75 Å². The zero-order chi connectivity index (χ0) is 21.8. The van der Waals surface area contributed by atoms with Gasteiger partial charge in [0.2, 0.25) is 5.09 Å². The van der Waals surface area contributed by atoms with Crippen LogP contribution in [0, 0.1) is 6.92 Å². The van der Waals surface area contributed by atoms with Gasteiger partial charge in [-0.2, -0.15) is 4.31 Å². The topological polar surface area (TPSA) is 88.8 Å². The lowest BCUT2D eigenvalue weighted by molar-refractivity contribution is 0.0991. The van der Waals surface area contributed by atoms with E-state index in [4.69, 9.17) is 9.15 Å². The van der Waals surface area contributed by atoms with E-state index in [2.05, 4.69) is 5.32 Å². The third kappa shape index (κ3) is 4.81. The summed E-state index contributed by atoms with van der Waals surface area (Å²) in [6.45, 7) is 2.92. The van der Waals surface area contributed by atoms with Gasteiger partial charge >= 0.3 is 0 Å². The first-order valence-electron chi connectivity index (χ1n) is 10.2. The first-order chi connectivity index (χ1) is 14.9. The predicted octanol–water partition coefficient (Wildman–Crippen LogP) is 4.81. The molecule has 0 atom stereocenters. The molecule has 2 aromatic carbocycles. The van der Waals surface area contributed by atoms with E-state index in [1.54, 1.807) is 24.3 Å². The zero-order valence-electron chi connectivity index (χ0n) is 17.2. The Hall–Kier alpha value is -3.10. The van der Waals surface area contributed by atoms with Crippen molar-refractivity contribution in [3.63, 3.8) is 0 Å². The highest BCUT2D eigenvalue weighted by Crippen LogP contribution is 2.30. The van der Waals surface area contributed by atoms with Crippen molar-refractivity contribution in [1.82, 2.24) is 4.31 Å². The van der Waals surface area contributed by atoms with Crippen LogP contribution in [-0.2, 0) is 10.0 Å². The van der Waals surface area contributed by atoms with Gasteiger partial charge in [-0.15, -0.1) is 0 Å². The molecule has 31 heavy (non-hydrogen) atoms. The Morgan fingerprint density at radius 1 is 0.968 bits per heavy atom. The lowest BCUT2D eigenvalue weighted by atomic mass is 10.2. The van der Waals surface area contributed by atoms with Crippen LogP contribution in [0.5, 0.6) is 11.5 Å². The molecular weight excluding hydrogens is 416 g/mol. The van der Waals surface area contributed by atoms with Gasteiger partial charge in [0, 0.05) is 13.1 Å². The Morgan fingerprint density at radius 3 is 2.42 bits per heavy atom. The van der Waals surface area contributed by atoms with E-state index in [9.17, 15) is 13.2 Å². The number of nitrogens with one attached hydrogen (secondary N) is 1. The number of sulfonamides is 1. The van der Waals surface area contributed by atoms with E-state index in [1.807, 2.05) is 31.2 Å². The van der Waals surface area contributed by atoms with E-state index < -0.39 is 15.9 Å². The average Bonchev–Trinajstić information content (AvgIpc) is 3.29. The number of hydrogen-bond donors (Lipinski definition) is 1. The van der Waals surface area contributed by atoms with Crippen LogP contribution in [0.4, 0.5) is 5.69 Å². The largest absolute Gasteiger partial charge is 0.455 e. The fourth-order valence-electron chi connectivity index (χ4n) is 3.39. The maximum absolute atomic E-state index is 12.7. The number of benzene rings is 2. The van der Waals surface area contributed by atoms with Crippen LogP contribution < -0.4 is 10.1 Å². The van der Waals surface area contributed by atoms with Gasteiger partial charge in [0.15, 0.2) is 11.5 Å². The molecule has 0 radical (unpaired) electrons. The Morgan fingerprint density at radius 2 is 1.68 bits per heavy atom. The van der Waals surface area contributed by atoms with Gasteiger partial charge in [-0.05, 0) is 56.2 Å². The molecule has 2 heterocycles. The number of rotatable bonds is 6. The van der Waals surface area contributed by atoms with Crippen molar-refractivity contribution in [2.75, 3.05) is 18.4 Å². The molecule has 4 rings (SSSR count). The highest BCUT2D eigenvalue weighted by atomic mass is 32.2. The highest BCUT2D eigenvalue weighted by molar-refractivity contribution is 7.89. The van der Waals surface area contributed by atoms with E-state index in [-0.39, 0.29) is 10.9 Å². The van der Waals surface area contributed by atoms with Gasteiger partial charge in [-0.3, -0.25) is 4.79 Å². The number of piperidine rings is 1. The second kappa shape index (κ2) is 8.95. The molecule has 0 saturated carbocycles. The van der Waals surface area contributed by atoms with Gasteiger partial charge in [0.05, 0.1) is 5.69 Å². The summed E-state index contributed by atoms with van der Waals surface area (Å²) < 4.78 is 38.2. The SMILES string of the molecule is Cc1ccc(Oc2ccccc2NC(=O)c2ccc(S(=O)(=O)N3CCCCC3)o2)cc1. The summed E-state index contributed by atoms with van der Waals surface area (Å²) in [5.41, 5.74) is 1.56. The summed E-state index contributed by atoms with van der Waals surface area (Å²) in [6.07, 6.45) is 2.66. The lowest BCUT2D eigenvalue weighted by Crippen LogP contribution is -2.35. The third-order valence-electron chi connectivity index (χ3n) is 5.10. The molecule has 0 spiro atoms. The molecule has 0 aliphatic carbocycles. The van der Waals surface area contributed by atoms with Crippen molar-refractivity contribution in [2.45, 2.75) is 31.3 Å². The van der Waals surface area contributed by atoms with E-state index >= 15 is 0 Å². The molecule has 1 aromatic heterocycles. The Kier molecular flexibility index (Phi) is 6.11. The van der Waals surface area contributed by atoms with Crippen LogP contribution >= 0.6 is 0 Å². The van der Waals surface area contributed by atoms with Gasteiger partial charge in [-0.1, -0.05) is 36.2 Å². The molecule has 7 nitrogen and oxygen atoms in total. The fraction of sp³-hybridized carbons (Fsp3) is 0.261. The smallest absolute Gasteiger partial charge is 0.291 e. The molecule has 0 unspecified atom stereocenters.